The van der Waals surface area contributed by atoms with Gasteiger partial charge in [0, 0.05) is 86.5 Å². The molecule has 27 nitrogen and oxygen atoms in total. The molecular formula is C74H116Cl5N23O4. The maximum atomic E-state index is 12.3. The first-order valence-corrected chi connectivity index (χ1v) is 39.7. The predicted octanol–water partition coefficient (Wildman–Crippen LogP) is 15.7. The third-order valence-corrected chi connectivity index (χ3v) is 20.8. The first-order valence-electron chi connectivity index (χ1n) is 37.8. The predicted molar refractivity (Wildman–Crippen MR) is 427 cm³/mol. The Morgan fingerprint density at radius 1 is 0.538 bits per heavy atom. The normalized spacial score (nSPS) is 23.0. The van der Waals surface area contributed by atoms with Crippen LogP contribution in [0, 0.1) is 11.8 Å². The SMILES string of the molecule is CC(C)n1cnc2c(NC3CCCC(NC(=O)OC(C)(C)C)C3)nc(CC3CCC(N(C)C)CC3)nc21.CC(C)n1cnc2c(NC3CCCC(NC(=O)OC(C)(C)C)C3)nc(Cl)nc21.CC1CCCC(N)C1.CN(C)C1CCC(N)CC1.Clc1nc(Cl)c2c(n1)CC=N2.Cn1cnc2c(Cl)nc(Cl)nc21. The van der Waals surface area contributed by atoms with Crippen molar-refractivity contribution in [3.8, 4) is 0 Å². The second-order valence-electron chi connectivity index (χ2n) is 32.2. The number of aryl methyl sites for hydroxylation is 1. The molecule has 0 saturated heterocycles. The van der Waals surface area contributed by atoms with Gasteiger partial charge >= 0.3 is 12.2 Å². The van der Waals surface area contributed by atoms with E-state index in [-0.39, 0.29) is 69.4 Å². The van der Waals surface area contributed by atoms with Gasteiger partial charge in [0.05, 0.1) is 24.7 Å². The summed E-state index contributed by atoms with van der Waals surface area (Å²) in [6, 6.07) is 3.48. The highest BCUT2D eigenvalue weighted by molar-refractivity contribution is 6.35. The summed E-state index contributed by atoms with van der Waals surface area (Å²) in [5.74, 6) is 3.87. The molecule has 5 aliphatic carbocycles. The van der Waals surface area contributed by atoms with Crippen molar-refractivity contribution in [2.24, 2.45) is 35.3 Å². The maximum Gasteiger partial charge on any atom is 0.407 e. The van der Waals surface area contributed by atoms with Crippen LogP contribution in [-0.2, 0) is 29.4 Å². The van der Waals surface area contributed by atoms with E-state index in [9.17, 15) is 9.59 Å². The fourth-order valence-corrected chi connectivity index (χ4v) is 15.3. The molecule has 7 aromatic heterocycles. The van der Waals surface area contributed by atoms with E-state index >= 15 is 0 Å². The summed E-state index contributed by atoms with van der Waals surface area (Å²) in [6.45, 7) is 22.0. The van der Waals surface area contributed by atoms with E-state index in [1.54, 1.807) is 23.4 Å². The van der Waals surface area contributed by atoms with Crippen LogP contribution in [0.2, 0.25) is 26.2 Å². The van der Waals surface area contributed by atoms with Gasteiger partial charge in [0.1, 0.15) is 33.7 Å². The molecule has 8 N–H and O–H groups in total. The average molecular weight is 1570 g/mol. The van der Waals surface area contributed by atoms with Crippen LogP contribution in [0.3, 0.4) is 0 Å². The number of aromatic nitrogens is 14. The van der Waals surface area contributed by atoms with Gasteiger partial charge in [-0.3, -0.25) is 4.99 Å². The molecule has 106 heavy (non-hydrogen) atoms. The lowest BCUT2D eigenvalue weighted by Crippen LogP contribution is -2.44. The van der Waals surface area contributed by atoms with Crippen LogP contribution in [0.25, 0.3) is 33.5 Å². The first kappa shape index (κ1) is 85.4. The van der Waals surface area contributed by atoms with Crippen molar-refractivity contribution in [1.29, 1.82) is 0 Å². The summed E-state index contributed by atoms with van der Waals surface area (Å²) in [5, 5.41) is 14.3. The number of fused-ring (bicyclic) bond motifs is 4. The highest BCUT2D eigenvalue weighted by Crippen LogP contribution is 2.34. The molecule has 6 unspecified atom stereocenters. The van der Waals surface area contributed by atoms with Gasteiger partial charge in [-0.05, 0) is 260 Å². The zero-order valence-electron chi connectivity index (χ0n) is 65.1. The van der Waals surface area contributed by atoms with Crippen molar-refractivity contribution in [3.05, 3.63) is 56.7 Å². The zero-order chi connectivity index (χ0) is 77.3. The number of hydrogen-bond acceptors (Lipinski definition) is 22. The lowest BCUT2D eigenvalue weighted by atomic mass is 9.83. The fourth-order valence-electron chi connectivity index (χ4n) is 14.2. The molecular weight excluding hydrogens is 1450 g/mol. The molecule has 6 atom stereocenters. The molecule has 6 aliphatic rings. The molecule has 1 aliphatic heterocycles. The molecule has 8 heterocycles. The summed E-state index contributed by atoms with van der Waals surface area (Å²) in [5.41, 5.74) is 16.3. The monoisotopic (exact) mass is 1570 g/mol. The van der Waals surface area contributed by atoms with Crippen molar-refractivity contribution in [1.82, 2.24) is 89.0 Å². The second kappa shape index (κ2) is 39.5. The van der Waals surface area contributed by atoms with Gasteiger partial charge in [0.25, 0.3) is 0 Å². The molecule has 32 heteroatoms. The molecule has 7 aromatic rings. The number of halogens is 5. The Morgan fingerprint density at radius 3 is 1.50 bits per heavy atom. The highest BCUT2D eigenvalue weighted by atomic mass is 35.5. The van der Waals surface area contributed by atoms with Gasteiger partial charge in [-0.25, -0.2) is 49.5 Å². The largest absolute Gasteiger partial charge is 0.444 e. The fraction of sp³-hybridized carbons (Fsp3) is 0.703. The molecule has 13 rings (SSSR count). The molecule has 5 saturated carbocycles. The van der Waals surface area contributed by atoms with Crippen LogP contribution < -0.4 is 32.7 Å². The Kier molecular flexibility index (Phi) is 31.8. The molecule has 0 aromatic carbocycles. The number of nitrogens with zero attached hydrogens (tertiary/aromatic N) is 17. The molecule has 0 bridgehead atoms. The van der Waals surface area contributed by atoms with Gasteiger partial charge in [0.15, 0.2) is 44.4 Å². The Labute approximate surface area is 651 Å². The van der Waals surface area contributed by atoms with Crippen LogP contribution >= 0.6 is 58.0 Å². The number of rotatable bonds is 12. The van der Waals surface area contributed by atoms with E-state index in [0.29, 0.717) is 63.8 Å². The summed E-state index contributed by atoms with van der Waals surface area (Å²) in [4.78, 5) is 80.5. The number of anilines is 2. The van der Waals surface area contributed by atoms with Crippen molar-refractivity contribution in [2.75, 3.05) is 38.8 Å². The molecule has 0 radical (unpaired) electrons. The number of nitrogens with two attached hydrogens (primary N) is 2. The third kappa shape index (κ3) is 26.3. The van der Waals surface area contributed by atoms with Gasteiger partial charge in [-0.1, -0.05) is 43.0 Å². The van der Waals surface area contributed by atoms with Crippen LogP contribution in [0.5, 0.6) is 0 Å². The van der Waals surface area contributed by atoms with Crippen molar-refractivity contribution >= 4 is 127 Å². The summed E-state index contributed by atoms with van der Waals surface area (Å²) >= 11 is 28.8. The second-order valence-corrected chi connectivity index (χ2v) is 33.9. The minimum absolute atomic E-state index is 0.0575. The Hall–Kier alpha value is -6.17. The summed E-state index contributed by atoms with van der Waals surface area (Å²) < 4.78 is 16.7. The van der Waals surface area contributed by atoms with Crippen molar-refractivity contribution in [3.63, 3.8) is 0 Å². The van der Waals surface area contributed by atoms with Gasteiger partial charge in [-0.15, -0.1) is 0 Å². The Balaban J connectivity index is 0.000000178. The van der Waals surface area contributed by atoms with Crippen molar-refractivity contribution in [2.45, 2.75) is 289 Å². The lowest BCUT2D eigenvalue weighted by molar-refractivity contribution is 0.0479. The van der Waals surface area contributed by atoms with Gasteiger partial charge in [0.2, 0.25) is 15.9 Å². The van der Waals surface area contributed by atoms with E-state index in [4.69, 9.17) is 93.9 Å². The number of alkyl carbamates (subject to hydrolysis) is 2. The van der Waals surface area contributed by atoms with Crippen LogP contribution in [0.4, 0.5) is 26.9 Å². The third-order valence-electron chi connectivity index (χ3n) is 19.8. The number of nitrogens with one attached hydrogen (secondary N) is 4. The topological polar surface area (TPSA) is 328 Å². The number of carbonyl (C=O) groups excluding carboxylic acids is 2. The average Bonchev–Trinajstić information content (AvgIpc) is 1.62. The van der Waals surface area contributed by atoms with Crippen LogP contribution in [0.1, 0.15) is 228 Å². The molecule has 2 amide bonds. The summed E-state index contributed by atoms with van der Waals surface area (Å²) in [6.07, 6.45) is 30.6. The van der Waals surface area contributed by atoms with Crippen LogP contribution in [0.15, 0.2) is 24.0 Å². The van der Waals surface area contributed by atoms with E-state index in [1.165, 1.54) is 77.0 Å². The Morgan fingerprint density at radius 2 is 1.00 bits per heavy atom. The molecule has 5 fully saturated rings. The minimum Gasteiger partial charge on any atom is -0.444 e. The van der Waals surface area contributed by atoms with Crippen molar-refractivity contribution < 1.29 is 19.1 Å². The maximum absolute atomic E-state index is 12.3. The van der Waals surface area contributed by atoms with Gasteiger partial charge in [-0.2, -0.15) is 15.0 Å². The first-order chi connectivity index (χ1) is 50.0. The molecule has 586 valence electrons. The Bertz CT molecular complexity index is 3980. The van der Waals surface area contributed by atoms with E-state index in [1.807, 2.05) is 59.5 Å². The van der Waals surface area contributed by atoms with Crippen LogP contribution in [-0.4, -0.2) is 184 Å². The number of carbonyl (C=O) groups is 2. The van der Waals surface area contributed by atoms with E-state index in [0.717, 1.165) is 104 Å². The lowest BCUT2D eigenvalue weighted by Gasteiger charge is -2.32. The number of aliphatic imine (C=N–C) groups is 1. The number of amides is 2. The smallest absolute Gasteiger partial charge is 0.407 e. The quantitative estimate of drug-likeness (QED) is 0.0489. The number of imidazole rings is 3. The van der Waals surface area contributed by atoms with E-state index < -0.39 is 11.2 Å². The highest BCUT2D eigenvalue weighted by Gasteiger charge is 2.31. The summed E-state index contributed by atoms with van der Waals surface area (Å²) in [7, 11) is 10.5. The van der Waals surface area contributed by atoms with Gasteiger partial charge < -0.3 is 65.7 Å². The number of hydrogen-bond donors (Lipinski definition) is 6. The number of ether oxygens (including phenoxy) is 2. The van der Waals surface area contributed by atoms with E-state index in [2.05, 4.69) is 143 Å². The minimum atomic E-state index is -0.505. The standard InChI is InChI=1S/C28H47N7O2.C19H29ClN6O2.C8H18N2.C7H15N.C6H4Cl2N4.C6H3Cl2N3/c1-18(2)35-17-29-24-25(30-20-9-8-10-21(16-20)31-27(36)37-28(3,4)5)32-23(33-26(24)35)15-19-11-13-22(14-12-19)34(6)7;1-11(2)26-10-21-14-15(24-17(20)25-16(14)26)22-12-7-6-8-13(9-12)23-18(27)28-19(3,4)5;1-10(2)8-5-3-7(9)4-6-8;1-6-3-2-4-7(8)5-6;1-12-2-9-3-4(7)10-6(8)11-5(3)12;7-5-4-3(1-2-9-4)10-6(8)11-5/h17-22H,8-16H2,1-7H3,(H,31,36)(H,30,32,33);10-13H,6-9H2,1-5H3,(H,23,27)(H,22,24,25);7-8H,3-6,9H2,1-2H3;6-7H,2-5,8H2,1H3;2H,1H3;2H,1H2. The zero-order valence-corrected chi connectivity index (χ0v) is 68.9. The molecule has 0 spiro atoms.